The number of rotatable bonds is 4. The monoisotopic (exact) mass is 331 g/mol. The van der Waals surface area contributed by atoms with Gasteiger partial charge in [0.15, 0.2) is 0 Å². The Morgan fingerprint density at radius 2 is 1.94 bits per heavy atom. The number of hydrogen-bond acceptors (Lipinski definition) is 3. The van der Waals surface area contributed by atoms with Crippen molar-refractivity contribution in [1.29, 1.82) is 0 Å². The molecule has 2 aromatic rings. The second-order valence-electron chi connectivity index (χ2n) is 3.44. The van der Waals surface area contributed by atoms with Gasteiger partial charge in [0.2, 0.25) is 0 Å². The van der Waals surface area contributed by atoms with Crippen molar-refractivity contribution in [3.05, 3.63) is 50.1 Å². The van der Waals surface area contributed by atoms with E-state index in [1.165, 1.54) is 11.3 Å². The summed E-state index contributed by atoms with van der Waals surface area (Å²) in [4.78, 5) is 1.04. The molecule has 1 heterocycles. The SMILES string of the molecule is NCC(Oc1ccc(Br)cc1)c1ccc(Cl)s1. The lowest BCUT2D eigenvalue weighted by Crippen LogP contribution is -2.17. The first-order chi connectivity index (χ1) is 8.19. The number of halogens is 2. The minimum Gasteiger partial charge on any atom is -0.484 e. The van der Waals surface area contributed by atoms with E-state index in [9.17, 15) is 0 Å². The maximum atomic E-state index is 5.90. The van der Waals surface area contributed by atoms with Crippen molar-refractivity contribution >= 4 is 38.9 Å². The van der Waals surface area contributed by atoms with Crippen LogP contribution in [0.3, 0.4) is 0 Å². The normalized spacial score (nSPS) is 12.4. The molecule has 1 aromatic heterocycles. The predicted octanol–water partition coefficient (Wildman–Crippen LogP) is 4.24. The summed E-state index contributed by atoms with van der Waals surface area (Å²) in [7, 11) is 0. The van der Waals surface area contributed by atoms with E-state index in [2.05, 4.69) is 15.9 Å². The zero-order chi connectivity index (χ0) is 12.3. The van der Waals surface area contributed by atoms with Crippen LogP contribution < -0.4 is 10.5 Å². The topological polar surface area (TPSA) is 35.2 Å². The van der Waals surface area contributed by atoms with E-state index < -0.39 is 0 Å². The highest BCUT2D eigenvalue weighted by Crippen LogP contribution is 2.30. The van der Waals surface area contributed by atoms with E-state index in [1.54, 1.807) is 0 Å². The molecule has 2 N–H and O–H groups in total. The summed E-state index contributed by atoms with van der Waals surface area (Å²) in [5.74, 6) is 0.799. The lowest BCUT2D eigenvalue weighted by atomic mass is 10.3. The first-order valence-corrected chi connectivity index (χ1v) is 7.05. The van der Waals surface area contributed by atoms with Crippen molar-refractivity contribution in [3.63, 3.8) is 0 Å². The van der Waals surface area contributed by atoms with Gasteiger partial charge in [-0.05, 0) is 36.4 Å². The zero-order valence-corrected chi connectivity index (χ0v) is 12.1. The van der Waals surface area contributed by atoms with E-state index in [1.807, 2.05) is 36.4 Å². The average Bonchev–Trinajstić information content (AvgIpc) is 2.75. The highest BCUT2D eigenvalue weighted by molar-refractivity contribution is 9.10. The zero-order valence-electron chi connectivity index (χ0n) is 8.90. The summed E-state index contributed by atoms with van der Waals surface area (Å²) < 4.78 is 7.59. The Bertz CT molecular complexity index is 486. The van der Waals surface area contributed by atoms with Gasteiger partial charge >= 0.3 is 0 Å². The van der Waals surface area contributed by atoms with Crippen molar-refractivity contribution in [1.82, 2.24) is 0 Å². The number of thiophene rings is 1. The number of hydrogen-bond donors (Lipinski definition) is 1. The van der Waals surface area contributed by atoms with Crippen molar-refractivity contribution in [2.75, 3.05) is 6.54 Å². The molecule has 0 aliphatic rings. The summed E-state index contributed by atoms with van der Waals surface area (Å²) in [5, 5.41) is 0. The molecule has 0 aliphatic carbocycles. The van der Waals surface area contributed by atoms with Crippen LogP contribution in [-0.2, 0) is 0 Å². The van der Waals surface area contributed by atoms with Gasteiger partial charge in [0.25, 0.3) is 0 Å². The predicted molar refractivity (Wildman–Crippen MR) is 75.9 cm³/mol. The molecule has 0 bridgehead atoms. The van der Waals surface area contributed by atoms with Gasteiger partial charge in [0, 0.05) is 15.9 Å². The standard InChI is InChI=1S/C12H11BrClNOS/c13-8-1-3-9(4-2-8)16-10(7-15)11-5-6-12(14)17-11/h1-6,10H,7,15H2. The Morgan fingerprint density at radius 1 is 1.24 bits per heavy atom. The van der Waals surface area contributed by atoms with E-state index in [4.69, 9.17) is 22.1 Å². The molecule has 17 heavy (non-hydrogen) atoms. The maximum absolute atomic E-state index is 5.90. The van der Waals surface area contributed by atoms with Crippen LogP contribution >= 0.6 is 38.9 Å². The summed E-state index contributed by atoms with van der Waals surface area (Å²) in [6, 6.07) is 11.5. The summed E-state index contributed by atoms with van der Waals surface area (Å²) >= 11 is 10.8. The molecule has 0 saturated heterocycles. The van der Waals surface area contributed by atoms with Gasteiger partial charge in [-0.2, -0.15) is 0 Å². The molecular formula is C12H11BrClNOS. The van der Waals surface area contributed by atoms with Gasteiger partial charge in [-0.3, -0.25) is 0 Å². The van der Waals surface area contributed by atoms with Gasteiger partial charge < -0.3 is 10.5 Å². The third kappa shape index (κ3) is 3.45. The largest absolute Gasteiger partial charge is 0.484 e. The summed E-state index contributed by atoms with van der Waals surface area (Å²) in [5.41, 5.74) is 5.72. The Labute approximate surface area is 117 Å². The van der Waals surface area contributed by atoms with Gasteiger partial charge in [0.05, 0.1) is 4.34 Å². The molecule has 1 unspecified atom stereocenters. The fraction of sp³-hybridized carbons (Fsp3) is 0.167. The van der Waals surface area contributed by atoms with Gasteiger partial charge in [0.1, 0.15) is 11.9 Å². The first kappa shape index (κ1) is 12.9. The smallest absolute Gasteiger partial charge is 0.145 e. The third-order valence-electron chi connectivity index (χ3n) is 2.22. The lowest BCUT2D eigenvalue weighted by Gasteiger charge is -2.15. The molecule has 0 amide bonds. The highest BCUT2D eigenvalue weighted by atomic mass is 79.9. The molecule has 0 aliphatic heterocycles. The van der Waals surface area contributed by atoms with Gasteiger partial charge in [-0.25, -0.2) is 0 Å². The molecule has 5 heteroatoms. The quantitative estimate of drug-likeness (QED) is 0.908. The van der Waals surface area contributed by atoms with Crippen LogP contribution in [0.15, 0.2) is 40.9 Å². The van der Waals surface area contributed by atoms with E-state index in [0.717, 1.165) is 19.4 Å². The highest BCUT2D eigenvalue weighted by Gasteiger charge is 2.13. The molecule has 1 atom stereocenters. The van der Waals surface area contributed by atoms with Crippen molar-refractivity contribution in [3.8, 4) is 5.75 Å². The van der Waals surface area contributed by atoms with Crippen LogP contribution in [0.2, 0.25) is 4.34 Å². The average molecular weight is 333 g/mol. The number of nitrogens with two attached hydrogens (primary N) is 1. The second-order valence-corrected chi connectivity index (χ2v) is 6.10. The molecular weight excluding hydrogens is 322 g/mol. The minimum atomic E-state index is -0.145. The van der Waals surface area contributed by atoms with Crippen molar-refractivity contribution in [2.45, 2.75) is 6.10 Å². The van der Waals surface area contributed by atoms with Gasteiger partial charge in [-0.1, -0.05) is 27.5 Å². The molecule has 0 radical (unpaired) electrons. The molecule has 2 nitrogen and oxygen atoms in total. The Hall–Kier alpha value is -0.550. The molecule has 0 saturated carbocycles. The second kappa shape index (κ2) is 5.87. The number of ether oxygens (including phenoxy) is 1. The van der Waals surface area contributed by atoms with Crippen molar-refractivity contribution in [2.24, 2.45) is 5.73 Å². The third-order valence-corrected chi connectivity index (χ3v) is 4.07. The summed E-state index contributed by atoms with van der Waals surface area (Å²) in [6.07, 6.45) is -0.145. The van der Waals surface area contributed by atoms with Crippen LogP contribution in [0.4, 0.5) is 0 Å². The molecule has 0 spiro atoms. The maximum Gasteiger partial charge on any atom is 0.145 e. The molecule has 2 rings (SSSR count). The van der Waals surface area contributed by atoms with Gasteiger partial charge in [-0.15, -0.1) is 11.3 Å². The lowest BCUT2D eigenvalue weighted by molar-refractivity contribution is 0.218. The van der Waals surface area contributed by atoms with E-state index in [0.29, 0.717) is 6.54 Å². The van der Waals surface area contributed by atoms with Crippen LogP contribution in [0.1, 0.15) is 11.0 Å². The number of benzene rings is 1. The fourth-order valence-corrected chi connectivity index (χ4v) is 2.77. The first-order valence-electron chi connectivity index (χ1n) is 5.06. The molecule has 90 valence electrons. The Kier molecular flexibility index (Phi) is 4.45. The van der Waals surface area contributed by atoms with Crippen LogP contribution in [0, 0.1) is 0 Å². The van der Waals surface area contributed by atoms with Crippen LogP contribution in [-0.4, -0.2) is 6.54 Å². The van der Waals surface area contributed by atoms with Crippen molar-refractivity contribution < 1.29 is 4.74 Å². The minimum absolute atomic E-state index is 0.145. The molecule has 0 fully saturated rings. The Morgan fingerprint density at radius 3 is 2.47 bits per heavy atom. The summed E-state index contributed by atoms with van der Waals surface area (Å²) in [6.45, 7) is 0.424. The fourth-order valence-electron chi connectivity index (χ4n) is 1.40. The van der Waals surface area contributed by atoms with Crippen LogP contribution in [0.25, 0.3) is 0 Å². The Balaban J connectivity index is 2.12. The molecule has 1 aromatic carbocycles. The van der Waals surface area contributed by atoms with E-state index in [-0.39, 0.29) is 6.10 Å². The van der Waals surface area contributed by atoms with E-state index >= 15 is 0 Å². The van der Waals surface area contributed by atoms with Crippen LogP contribution in [0.5, 0.6) is 5.75 Å².